The van der Waals surface area contributed by atoms with Gasteiger partial charge in [-0.2, -0.15) is 4.98 Å². The molecule has 0 aromatic carbocycles. The Labute approximate surface area is 235 Å². The van der Waals surface area contributed by atoms with Crippen molar-refractivity contribution in [3.8, 4) is 0 Å². The highest BCUT2D eigenvalue weighted by atomic mass is 35.5. The summed E-state index contributed by atoms with van der Waals surface area (Å²) in [5.41, 5.74) is 10.7. The number of anilines is 1. The predicted octanol–water partition coefficient (Wildman–Crippen LogP) is 0.998. The second-order valence-electron chi connectivity index (χ2n) is 9.00. The number of nitrogens with two attached hydrogens (primary N) is 2. The van der Waals surface area contributed by atoms with E-state index in [0.717, 1.165) is 4.57 Å². The second kappa shape index (κ2) is 13.9. The van der Waals surface area contributed by atoms with Crippen molar-refractivity contribution < 1.29 is 34.7 Å². The standard InChI is InChI=1S/C23H33N5O9S.ClH/c1-5-7-12(29)36-15-11(9-34-21(32)14(24)10(3)4)35-20(16(15)37-13(30)8-6-2)28-18-17(38-23(28)33)19(31)27-22(25)26-18;/h10-11,14-16,20H,5-9,24H2,1-4H3,(H3,25,26,27,31);1H/t11-,14+,15-,16-,20?;/m1./s1/i10D;. The number of aromatic amines is 1. The fraction of sp³-hybridized carbons (Fsp3) is 0.652. The molecule has 5 N–H and O–H groups in total. The van der Waals surface area contributed by atoms with Gasteiger partial charge in [0.15, 0.2) is 24.1 Å². The van der Waals surface area contributed by atoms with Crippen molar-refractivity contribution in [2.24, 2.45) is 11.6 Å². The number of nitrogens with zero attached hydrogens (tertiary/aromatic N) is 2. The fourth-order valence-electron chi connectivity index (χ4n) is 3.81. The number of thiazole rings is 1. The zero-order chi connectivity index (χ0) is 29.1. The number of carbonyl (C=O) groups excluding carboxylic acids is 3. The molecule has 1 saturated heterocycles. The van der Waals surface area contributed by atoms with E-state index in [1.165, 1.54) is 13.8 Å². The molecule has 16 heteroatoms. The first-order valence-electron chi connectivity index (χ1n) is 12.7. The lowest BCUT2D eigenvalue weighted by molar-refractivity contribution is -0.169. The number of H-pyrrole nitrogens is 1. The number of carbonyl (C=O) groups is 3. The number of nitrogen functional groups attached to an aromatic ring is 1. The zero-order valence-corrected chi connectivity index (χ0v) is 23.6. The molecule has 14 nitrogen and oxygen atoms in total. The number of fused-ring (bicyclic) bond motifs is 1. The summed E-state index contributed by atoms with van der Waals surface area (Å²) in [7, 11) is 0. The van der Waals surface area contributed by atoms with Crippen LogP contribution in [-0.4, -0.2) is 63.4 Å². The lowest BCUT2D eigenvalue weighted by Crippen LogP contribution is -2.43. The van der Waals surface area contributed by atoms with Crippen molar-refractivity contribution in [1.29, 1.82) is 0 Å². The first-order chi connectivity index (χ1) is 18.3. The molecule has 2 aromatic rings. The van der Waals surface area contributed by atoms with E-state index < -0.39 is 71.4 Å². The number of nitrogens with one attached hydrogen (secondary N) is 1. The molecule has 0 radical (unpaired) electrons. The summed E-state index contributed by atoms with van der Waals surface area (Å²) in [6.07, 6.45) is -4.31. The summed E-state index contributed by atoms with van der Waals surface area (Å²) in [5.74, 6) is -3.80. The van der Waals surface area contributed by atoms with Crippen LogP contribution in [0.2, 0.25) is 0 Å². The Morgan fingerprint density at radius 1 is 1.15 bits per heavy atom. The highest BCUT2D eigenvalue weighted by Gasteiger charge is 2.52. The highest BCUT2D eigenvalue weighted by molar-refractivity contribution is 7.16. The molecule has 3 rings (SSSR count). The van der Waals surface area contributed by atoms with Crippen LogP contribution >= 0.6 is 23.7 Å². The molecule has 0 spiro atoms. The number of halogens is 1. The van der Waals surface area contributed by atoms with E-state index in [1.54, 1.807) is 13.8 Å². The quantitative estimate of drug-likeness (QED) is 0.246. The van der Waals surface area contributed by atoms with Gasteiger partial charge in [-0.15, -0.1) is 12.4 Å². The van der Waals surface area contributed by atoms with Crippen molar-refractivity contribution in [2.45, 2.75) is 84.0 Å². The Kier molecular flexibility index (Phi) is 10.9. The molecule has 0 bridgehead atoms. The molecule has 2 aromatic heterocycles. The number of rotatable bonds is 11. The average molecular weight is 593 g/mol. The van der Waals surface area contributed by atoms with Crippen LogP contribution in [0.25, 0.3) is 10.3 Å². The maximum atomic E-state index is 13.0. The van der Waals surface area contributed by atoms with Crippen molar-refractivity contribution in [3.05, 3.63) is 20.0 Å². The second-order valence-corrected chi connectivity index (χ2v) is 9.96. The highest BCUT2D eigenvalue weighted by Crippen LogP contribution is 2.36. The van der Waals surface area contributed by atoms with Crippen LogP contribution in [0.5, 0.6) is 0 Å². The summed E-state index contributed by atoms with van der Waals surface area (Å²) < 4.78 is 31.5. The third-order valence-corrected chi connectivity index (χ3v) is 6.68. The van der Waals surface area contributed by atoms with E-state index in [0.29, 0.717) is 24.2 Å². The SMILES string of the molecule is Cl.[2H]C(C)(C)[C@H](N)C(=O)OC[C@H]1OC(n2c(=O)sc3c(=O)[nH]c(N)nc32)[C@H](OC(=O)CCC)[C@@H]1OC(=O)CCC. The summed E-state index contributed by atoms with van der Waals surface area (Å²) >= 11 is 0.576. The molecular formula is C23H34ClN5O9S. The first-order valence-corrected chi connectivity index (χ1v) is 13.0. The smallest absolute Gasteiger partial charge is 0.323 e. The van der Waals surface area contributed by atoms with Crippen molar-refractivity contribution in [3.63, 3.8) is 0 Å². The van der Waals surface area contributed by atoms with Crippen LogP contribution in [0.4, 0.5) is 5.95 Å². The van der Waals surface area contributed by atoms with Gasteiger partial charge in [-0.25, -0.2) is 0 Å². The van der Waals surface area contributed by atoms with Crippen LogP contribution in [-0.2, 0) is 33.3 Å². The average Bonchev–Trinajstić information content (AvgIpc) is 3.33. The molecule has 0 aliphatic carbocycles. The summed E-state index contributed by atoms with van der Waals surface area (Å²) in [6.45, 7) is 5.90. The lowest BCUT2D eigenvalue weighted by atomic mass is 10.1. The summed E-state index contributed by atoms with van der Waals surface area (Å²) in [5, 5.41) is 0. The van der Waals surface area contributed by atoms with Crippen molar-refractivity contribution >= 4 is 57.9 Å². The number of esters is 3. The van der Waals surface area contributed by atoms with Gasteiger partial charge in [0.2, 0.25) is 5.95 Å². The normalized spacial score (nSPS) is 22.0. The van der Waals surface area contributed by atoms with Gasteiger partial charge in [0, 0.05) is 14.2 Å². The van der Waals surface area contributed by atoms with Gasteiger partial charge < -0.3 is 30.4 Å². The van der Waals surface area contributed by atoms with Gasteiger partial charge >= 0.3 is 22.8 Å². The van der Waals surface area contributed by atoms with Crippen LogP contribution < -0.4 is 21.9 Å². The van der Waals surface area contributed by atoms with E-state index in [9.17, 15) is 24.0 Å². The maximum Gasteiger partial charge on any atom is 0.323 e. The van der Waals surface area contributed by atoms with Crippen LogP contribution in [0, 0.1) is 5.89 Å². The number of ether oxygens (including phenoxy) is 4. The first kappa shape index (κ1) is 30.5. The fourth-order valence-corrected chi connectivity index (χ4v) is 4.65. The Morgan fingerprint density at radius 3 is 2.31 bits per heavy atom. The minimum absolute atomic E-state index is 0. The van der Waals surface area contributed by atoms with Crippen LogP contribution in [0.3, 0.4) is 0 Å². The van der Waals surface area contributed by atoms with E-state index >= 15 is 0 Å². The molecule has 0 saturated carbocycles. The van der Waals surface area contributed by atoms with Gasteiger partial charge in [0.05, 0.1) is 0 Å². The third kappa shape index (κ3) is 7.35. The summed E-state index contributed by atoms with van der Waals surface area (Å²) in [6, 6.07) is -1.30. The minimum Gasteiger partial charge on any atom is -0.462 e. The Hall–Kier alpha value is -3.01. The maximum absolute atomic E-state index is 13.0. The van der Waals surface area contributed by atoms with E-state index in [1.807, 2.05) is 0 Å². The minimum atomic E-state index is -1.41. The summed E-state index contributed by atoms with van der Waals surface area (Å²) in [4.78, 5) is 68.8. The van der Waals surface area contributed by atoms with Gasteiger partial charge in [-0.05, 0) is 18.7 Å². The molecule has 1 unspecified atom stereocenters. The number of hydrogen-bond acceptors (Lipinski definition) is 13. The Bertz CT molecular complexity index is 1340. The van der Waals surface area contributed by atoms with Gasteiger partial charge in [-0.1, -0.05) is 39.0 Å². The molecule has 0 amide bonds. The molecule has 3 heterocycles. The third-order valence-electron chi connectivity index (χ3n) is 5.74. The molecule has 218 valence electrons. The zero-order valence-electron chi connectivity index (χ0n) is 23.0. The molecule has 5 atom stereocenters. The topological polar surface area (TPSA) is 208 Å². The number of hydrogen-bond donors (Lipinski definition) is 3. The van der Waals surface area contributed by atoms with Crippen LogP contribution in [0.1, 0.15) is 61.0 Å². The van der Waals surface area contributed by atoms with Gasteiger partial charge in [-0.3, -0.25) is 33.5 Å². The van der Waals surface area contributed by atoms with Gasteiger partial charge in [0.1, 0.15) is 23.5 Å². The number of aromatic nitrogens is 3. The Balaban J connectivity index is 0.00000560. The van der Waals surface area contributed by atoms with E-state index in [-0.39, 0.29) is 41.5 Å². The van der Waals surface area contributed by atoms with Crippen molar-refractivity contribution in [1.82, 2.24) is 14.5 Å². The lowest BCUT2D eigenvalue weighted by Gasteiger charge is -2.25. The van der Waals surface area contributed by atoms with E-state index in [2.05, 4.69) is 9.97 Å². The van der Waals surface area contributed by atoms with Gasteiger partial charge in [0.25, 0.3) is 5.56 Å². The van der Waals surface area contributed by atoms with Crippen LogP contribution in [0.15, 0.2) is 9.59 Å². The van der Waals surface area contributed by atoms with E-state index in [4.69, 9.17) is 31.8 Å². The molecule has 1 aliphatic heterocycles. The largest absolute Gasteiger partial charge is 0.462 e. The molecule has 1 fully saturated rings. The molecular weight excluding hydrogens is 558 g/mol. The van der Waals surface area contributed by atoms with Crippen molar-refractivity contribution in [2.75, 3.05) is 12.3 Å². The Morgan fingerprint density at radius 2 is 1.74 bits per heavy atom. The predicted molar refractivity (Wildman–Crippen MR) is 143 cm³/mol. The molecule has 39 heavy (non-hydrogen) atoms. The monoisotopic (exact) mass is 592 g/mol. The molecule has 1 aliphatic rings.